The number of ether oxygens (including phenoxy) is 1. The Morgan fingerprint density at radius 2 is 1.88 bits per heavy atom. The van der Waals surface area contributed by atoms with E-state index in [9.17, 15) is 9.59 Å². The number of carbonyl (C=O) groups excluding carboxylic acids is 1. The third-order valence-corrected chi connectivity index (χ3v) is 1.95. The minimum Gasteiger partial charge on any atom is -0.478 e. The molecule has 0 radical (unpaired) electrons. The molecule has 0 saturated heterocycles. The molecule has 0 aliphatic heterocycles. The third-order valence-electron chi connectivity index (χ3n) is 1.95. The second-order valence-electron chi connectivity index (χ2n) is 3.16. The summed E-state index contributed by atoms with van der Waals surface area (Å²) in [5.41, 5.74) is 0.476. The van der Waals surface area contributed by atoms with Gasteiger partial charge in [-0.2, -0.15) is 0 Å². The lowest BCUT2D eigenvalue weighted by Gasteiger charge is -2.04. The molecule has 4 heteroatoms. The molecule has 1 aromatic rings. The Kier molecular flexibility index (Phi) is 4.27. The van der Waals surface area contributed by atoms with Crippen LogP contribution >= 0.6 is 0 Å². The van der Waals surface area contributed by atoms with Crippen LogP contribution < -0.4 is 0 Å². The van der Waals surface area contributed by atoms with Gasteiger partial charge in [-0.3, -0.25) is 0 Å². The molecular weight excluding hydrogens is 208 g/mol. The number of hydrogen-bond donors (Lipinski definition) is 1. The summed E-state index contributed by atoms with van der Waals surface area (Å²) in [6, 6.07) is 8.52. The zero-order valence-corrected chi connectivity index (χ0v) is 8.68. The summed E-state index contributed by atoms with van der Waals surface area (Å²) in [7, 11) is 0. The summed E-state index contributed by atoms with van der Waals surface area (Å²) in [6.07, 6.45) is 0.133. The van der Waals surface area contributed by atoms with Crippen LogP contribution in [-0.4, -0.2) is 23.7 Å². The Morgan fingerprint density at radius 1 is 1.25 bits per heavy atom. The molecule has 0 aromatic heterocycles. The average Bonchev–Trinajstić information content (AvgIpc) is 2.29. The summed E-state index contributed by atoms with van der Waals surface area (Å²) in [5.74, 6) is -1.53. The maximum atomic E-state index is 11.4. The predicted octanol–water partition coefficient (Wildman–Crippen LogP) is 1.87. The Labute approximate surface area is 93.2 Å². The van der Waals surface area contributed by atoms with Crippen LogP contribution in [0.2, 0.25) is 0 Å². The summed E-state index contributed by atoms with van der Waals surface area (Å²) in [4.78, 5) is 21.8. The van der Waals surface area contributed by atoms with E-state index in [0.29, 0.717) is 5.56 Å². The highest BCUT2D eigenvalue weighted by atomic mass is 16.5. The van der Waals surface area contributed by atoms with E-state index < -0.39 is 11.9 Å². The van der Waals surface area contributed by atoms with Gasteiger partial charge in [-0.15, -0.1) is 0 Å². The van der Waals surface area contributed by atoms with E-state index >= 15 is 0 Å². The summed E-state index contributed by atoms with van der Waals surface area (Å²) in [6.45, 7) is 3.36. The van der Waals surface area contributed by atoms with Gasteiger partial charge in [0.15, 0.2) is 0 Å². The van der Waals surface area contributed by atoms with Gasteiger partial charge in [-0.1, -0.05) is 24.8 Å². The van der Waals surface area contributed by atoms with Gasteiger partial charge < -0.3 is 9.84 Å². The molecule has 0 bridgehead atoms. The number of carboxylic acid groups (broad SMARTS) is 1. The predicted molar refractivity (Wildman–Crippen MR) is 58.1 cm³/mol. The van der Waals surface area contributed by atoms with Crippen LogP contribution in [0.3, 0.4) is 0 Å². The van der Waals surface area contributed by atoms with Crippen molar-refractivity contribution in [3.8, 4) is 0 Å². The fourth-order valence-corrected chi connectivity index (χ4v) is 1.03. The molecule has 4 nitrogen and oxygen atoms in total. The Bertz CT molecular complexity index is 395. The van der Waals surface area contributed by atoms with Gasteiger partial charge in [-0.05, 0) is 12.1 Å². The summed E-state index contributed by atoms with van der Waals surface area (Å²) >= 11 is 0. The Morgan fingerprint density at radius 3 is 2.44 bits per heavy atom. The molecule has 0 saturated carbocycles. The number of carbonyl (C=O) groups is 2. The van der Waals surface area contributed by atoms with E-state index in [2.05, 4.69) is 6.58 Å². The molecule has 0 spiro atoms. The number of rotatable bonds is 5. The highest BCUT2D eigenvalue weighted by molar-refractivity contribution is 5.89. The molecule has 1 rings (SSSR count). The fourth-order valence-electron chi connectivity index (χ4n) is 1.03. The molecular formula is C12H12O4. The highest BCUT2D eigenvalue weighted by Crippen LogP contribution is 2.03. The quantitative estimate of drug-likeness (QED) is 0.607. The number of hydrogen-bond acceptors (Lipinski definition) is 3. The van der Waals surface area contributed by atoms with Crippen molar-refractivity contribution in [2.75, 3.05) is 6.61 Å². The van der Waals surface area contributed by atoms with Crippen LogP contribution in [0, 0.1) is 0 Å². The SMILES string of the molecule is C=C(CCOC(=O)c1ccccc1)C(=O)O. The van der Waals surface area contributed by atoms with Crippen LogP contribution in [0.15, 0.2) is 42.5 Å². The number of aliphatic carboxylic acids is 1. The van der Waals surface area contributed by atoms with Crippen molar-refractivity contribution in [2.45, 2.75) is 6.42 Å². The van der Waals surface area contributed by atoms with Gasteiger partial charge in [0.1, 0.15) is 0 Å². The van der Waals surface area contributed by atoms with Crippen LogP contribution in [-0.2, 0) is 9.53 Å². The van der Waals surface area contributed by atoms with Gasteiger partial charge in [-0.25, -0.2) is 9.59 Å². The van der Waals surface area contributed by atoms with Crippen molar-refractivity contribution in [1.29, 1.82) is 0 Å². The lowest BCUT2D eigenvalue weighted by atomic mass is 10.2. The lowest BCUT2D eigenvalue weighted by molar-refractivity contribution is -0.132. The minimum atomic E-state index is -1.07. The molecule has 0 aliphatic rings. The maximum Gasteiger partial charge on any atom is 0.338 e. The summed E-state index contributed by atoms with van der Waals surface area (Å²) < 4.78 is 4.89. The van der Waals surface area contributed by atoms with Crippen molar-refractivity contribution in [2.24, 2.45) is 0 Å². The van der Waals surface area contributed by atoms with Gasteiger partial charge in [0.25, 0.3) is 0 Å². The second kappa shape index (κ2) is 5.70. The van der Waals surface area contributed by atoms with Crippen molar-refractivity contribution in [3.05, 3.63) is 48.0 Å². The smallest absolute Gasteiger partial charge is 0.338 e. The first-order chi connectivity index (χ1) is 7.61. The number of benzene rings is 1. The van der Waals surface area contributed by atoms with E-state index in [-0.39, 0.29) is 18.6 Å². The minimum absolute atomic E-state index is 0.0266. The number of esters is 1. The van der Waals surface area contributed by atoms with Gasteiger partial charge in [0, 0.05) is 12.0 Å². The fraction of sp³-hybridized carbons (Fsp3) is 0.167. The van der Waals surface area contributed by atoms with Gasteiger partial charge >= 0.3 is 11.9 Å². The molecule has 0 atom stereocenters. The van der Waals surface area contributed by atoms with Crippen molar-refractivity contribution in [1.82, 2.24) is 0 Å². The standard InChI is InChI=1S/C12H12O4/c1-9(11(13)14)7-8-16-12(15)10-5-3-2-4-6-10/h2-6H,1,7-8H2,(H,13,14). The van der Waals surface area contributed by atoms with Crippen LogP contribution in [0.25, 0.3) is 0 Å². The van der Waals surface area contributed by atoms with E-state index in [1.165, 1.54) is 0 Å². The number of carboxylic acids is 1. The topological polar surface area (TPSA) is 63.6 Å². The van der Waals surface area contributed by atoms with Crippen molar-refractivity contribution >= 4 is 11.9 Å². The lowest BCUT2D eigenvalue weighted by Crippen LogP contribution is -2.09. The highest BCUT2D eigenvalue weighted by Gasteiger charge is 2.08. The molecule has 0 aliphatic carbocycles. The Hall–Kier alpha value is -2.10. The molecule has 16 heavy (non-hydrogen) atoms. The largest absolute Gasteiger partial charge is 0.478 e. The molecule has 0 fully saturated rings. The normalized spacial score (nSPS) is 9.50. The maximum absolute atomic E-state index is 11.4. The van der Waals surface area contributed by atoms with E-state index in [1.807, 2.05) is 0 Å². The van der Waals surface area contributed by atoms with Crippen molar-refractivity contribution in [3.63, 3.8) is 0 Å². The molecule has 1 N–H and O–H groups in total. The monoisotopic (exact) mass is 220 g/mol. The van der Waals surface area contributed by atoms with Crippen LogP contribution in [0.4, 0.5) is 0 Å². The van der Waals surface area contributed by atoms with Crippen molar-refractivity contribution < 1.29 is 19.4 Å². The third kappa shape index (κ3) is 3.57. The second-order valence-corrected chi connectivity index (χ2v) is 3.16. The van der Waals surface area contributed by atoms with E-state index in [4.69, 9.17) is 9.84 Å². The first-order valence-electron chi connectivity index (χ1n) is 4.74. The zero-order chi connectivity index (χ0) is 12.0. The average molecular weight is 220 g/mol. The first-order valence-corrected chi connectivity index (χ1v) is 4.74. The van der Waals surface area contributed by atoms with Crippen LogP contribution in [0.5, 0.6) is 0 Å². The van der Waals surface area contributed by atoms with Crippen LogP contribution in [0.1, 0.15) is 16.8 Å². The van der Waals surface area contributed by atoms with E-state index in [0.717, 1.165) is 0 Å². The molecule has 0 heterocycles. The molecule has 0 unspecified atom stereocenters. The van der Waals surface area contributed by atoms with Gasteiger partial charge in [0.2, 0.25) is 0 Å². The van der Waals surface area contributed by atoms with Gasteiger partial charge in [0.05, 0.1) is 12.2 Å². The Balaban J connectivity index is 2.37. The molecule has 84 valence electrons. The first kappa shape index (κ1) is 12.0. The molecule has 0 amide bonds. The van der Waals surface area contributed by atoms with E-state index in [1.54, 1.807) is 30.3 Å². The molecule has 1 aromatic carbocycles. The summed E-state index contributed by atoms with van der Waals surface area (Å²) in [5, 5.41) is 8.52. The zero-order valence-electron chi connectivity index (χ0n) is 8.68.